The van der Waals surface area contributed by atoms with Gasteiger partial charge in [0.2, 0.25) is 0 Å². The van der Waals surface area contributed by atoms with Gasteiger partial charge in [-0.2, -0.15) is 0 Å². The van der Waals surface area contributed by atoms with Crippen LogP contribution < -0.4 is 5.56 Å². The minimum atomic E-state index is -0.334. The van der Waals surface area contributed by atoms with Crippen molar-refractivity contribution in [1.29, 1.82) is 0 Å². The highest BCUT2D eigenvalue weighted by molar-refractivity contribution is 5.77. The number of halogens is 1. The maximum absolute atomic E-state index is 13.9. The average molecular weight is 356 g/mol. The van der Waals surface area contributed by atoms with Gasteiger partial charge in [0.25, 0.3) is 5.56 Å². The van der Waals surface area contributed by atoms with Crippen LogP contribution in [0.3, 0.4) is 0 Å². The van der Waals surface area contributed by atoms with Crippen LogP contribution in [0.2, 0.25) is 0 Å². The van der Waals surface area contributed by atoms with Gasteiger partial charge in [0.1, 0.15) is 11.5 Å². The predicted molar refractivity (Wildman–Crippen MR) is 107 cm³/mol. The van der Waals surface area contributed by atoms with Gasteiger partial charge >= 0.3 is 0 Å². The molecule has 0 amide bonds. The lowest BCUT2D eigenvalue weighted by molar-refractivity contribution is 0.625. The van der Waals surface area contributed by atoms with Crippen LogP contribution in [0, 0.1) is 5.82 Å². The summed E-state index contributed by atoms with van der Waals surface area (Å²) >= 11 is 0. The van der Waals surface area contributed by atoms with Crippen molar-refractivity contribution in [3.8, 4) is 0 Å². The van der Waals surface area contributed by atoms with Crippen molar-refractivity contribution in [3.63, 3.8) is 0 Å². The molecule has 27 heavy (non-hydrogen) atoms. The summed E-state index contributed by atoms with van der Waals surface area (Å²) < 4.78 is 15.6. The van der Waals surface area contributed by atoms with Crippen molar-refractivity contribution in [2.75, 3.05) is 0 Å². The Morgan fingerprint density at radius 1 is 0.852 bits per heavy atom. The number of aromatic nitrogens is 2. The van der Waals surface area contributed by atoms with Crippen molar-refractivity contribution in [2.45, 2.75) is 6.54 Å². The largest absolute Gasteiger partial charge is 0.300 e. The van der Waals surface area contributed by atoms with Crippen molar-refractivity contribution >= 4 is 23.2 Å². The summed E-state index contributed by atoms with van der Waals surface area (Å²) in [7, 11) is 0. The Hall–Kier alpha value is -3.53. The molecule has 0 N–H and O–H groups in total. The number of hydrogen-bond donors (Lipinski definition) is 0. The lowest BCUT2D eigenvalue weighted by atomic mass is 10.1. The lowest BCUT2D eigenvalue weighted by Crippen LogP contribution is -2.24. The maximum atomic E-state index is 13.9. The first-order valence-corrected chi connectivity index (χ1v) is 8.68. The fraction of sp³-hybridized carbons (Fsp3) is 0.0435. The number of nitrogens with zero attached hydrogens (tertiary/aromatic N) is 2. The SMILES string of the molecule is O=c1c(C=Cc2ccccc2F)nc2ccccc2n1Cc1ccccc1. The second-order valence-electron chi connectivity index (χ2n) is 6.22. The molecule has 132 valence electrons. The molecule has 3 nitrogen and oxygen atoms in total. The van der Waals surface area contributed by atoms with Gasteiger partial charge in [0, 0.05) is 5.56 Å². The van der Waals surface area contributed by atoms with Crippen molar-refractivity contribution in [1.82, 2.24) is 9.55 Å². The number of fused-ring (bicyclic) bond motifs is 1. The molecule has 0 saturated carbocycles. The van der Waals surface area contributed by atoms with Crippen molar-refractivity contribution < 1.29 is 4.39 Å². The molecule has 0 unspecified atom stereocenters. The Balaban J connectivity index is 1.83. The summed E-state index contributed by atoms with van der Waals surface area (Å²) in [4.78, 5) is 17.5. The topological polar surface area (TPSA) is 34.9 Å². The highest BCUT2D eigenvalue weighted by Gasteiger charge is 2.09. The van der Waals surface area contributed by atoms with Gasteiger partial charge < -0.3 is 4.57 Å². The second kappa shape index (κ2) is 7.38. The Labute approximate surface area is 156 Å². The van der Waals surface area contributed by atoms with Crippen LogP contribution in [-0.2, 0) is 6.54 Å². The normalized spacial score (nSPS) is 11.3. The molecule has 4 aromatic rings. The minimum Gasteiger partial charge on any atom is -0.300 e. The number of benzene rings is 3. The van der Waals surface area contributed by atoms with Gasteiger partial charge in [-0.15, -0.1) is 0 Å². The van der Waals surface area contributed by atoms with Crippen molar-refractivity contribution in [2.24, 2.45) is 0 Å². The van der Waals surface area contributed by atoms with Crippen LogP contribution in [0.4, 0.5) is 4.39 Å². The van der Waals surface area contributed by atoms with Gasteiger partial charge in [0.15, 0.2) is 0 Å². The predicted octanol–water partition coefficient (Wildman–Crippen LogP) is 4.75. The first kappa shape index (κ1) is 16.9. The molecule has 0 aliphatic carbocycles. The third-order valence-corrected chi connectivity index (χ3v) is 4.39. The average Bonchev–Trinajstić information content (AvgIpc) is 2.71. The molecule has 1 aromatic heterocycles. The minimum absolute atomic E-state index is 0.204. The van der Waals surface area contributed by atoms with Gasteiger partial charge in [-0.05, 0) is 35.9 Å². The van der Waals surface area contributed by atoms with E-state index in [0.717, 1.165) is 16.6 Å². The zero-order valence-electron chi connectivity index (χ0n) is 14.5. The Kier molecular flexibility index (Phi) is 4.62. The summed E-state index contributed by atoms with van der Waals surface area (Å²) in [5.41, 5.74) is 3.02. The second-order valence-corrected chi connectivity index (χ2v) is 6.22. The van der Waals surface area contributed by atoms with E-state index in [1.807, 2.05) is 54.6 Å². The molecule has 3 aromatic carbocycles. The summed E-state index contributed by atoms with van der Waals surface area (Å²) in [6.07, 6.45) is 3.16. The molecule has 1 heterocycles. The molecule has 0 fully saturated rings. The first-order valence-electron chi connectivity index (χ1n) is 8.68. The van der Waals surface area contributed by atoms with E-state index >= 15 is 0 Å². The Morgan fingerprint density at radius 3 is 2.37 bits per heavy atom. The molecule has 0 radical (unpaired) electrons. The zero-order chi connectivity index (χ0) is 18.6. The molecular formula is C23H17FN2O. The maximum Gasteiger partial charge on any atom is 0.277 e. The Bertz CT molecular complexity index is 1180. The van der Waals surface area contributed by atoms with E-state index in [2.05, 4.69) is 4.98 Å². The summed E-state index contributed by atoms with van der Waals surface area (Å²) in [5, 5.41) is 0. The van der Waals surface area contributed by atoms with Crippen LogP contribution in [0.5, 0.6) is 0 Å². The Morgan fingerprint density at radius 2 is 1.56 bits per heavy atom. The standard InChI is InChI=1S/C23H17FN2O/c24-19-11-5-4-10-18(19)14-15-21-23(27)26(16-17-8-2-1-3-9-17)22-13-7-6-12-20(22)25-21/h1-15H,16H2. The number of rotatable bonds is 4. The van der Waals surface area contributed by atoms with E-state index in [1.165, 1.54) is 6.07 Å². The quantitative estimate of drug-likeness (QED) is 0.529. The van der Waals surface area contributed by atoms with E-state index in [0.29, 0.717) is 12.1 Å². The van der Waals surface area contributed by atoms with Crippen LogP contribution in [0.1, 0.15) is 16.8 Å². The van der Waals surface area contributed by atoms with Gasteiger partial charge in [-0.3, -0.25) is 4.79 Å². The fourth-order valence-electron chi connectivity index (χ4n) is 3.02. The zero-order valence-corrected chi connectivity index (χ0v) is 14.5. The summed E-state index contributed by atoms with van der Waals surface area (Å²) in [6.45, 7) is 0.448. The van der Waals surface area contributed by atoms with E-state index in [9.17, 15) is 9.18 Å². The lowest BCUT2D eigenvalue weighted by Gasteiger charge is -2.11. The van der Waals surface area contributed by atoms with E-state index < -0.39 is 0 Å². The summed E-state index contributed by atoms with van der Waals surface area (Å²) in [5.74, 6) is -0.334. The highest BCUT2D eigenvalue weighted by atomic mass is 19.1. The van der Waals surface area contributed by atoms with Gasteiger partial charge in [-0.25, -0.2) is 9.37 Å². The van der Waals surface area contributed by atoms with Crippen LogP contribution in [-0.4, -0.2) is 9.55 Å². The van der Waals surface area contributed by atoms with Crippen LogP contribution >= 0.6 is 0 Å². The molecular weight excluding hydrogens is 339 g/mol. The fourth-order valence-corrected chi connectivity index (χ4v) is 3.02. The molecule has 4 rings (SSSR count). The molecule has 0 bridgehead atoms. The molecule has 0 aliphatic rings. The molecule has 0 atom stereocenters. The van der Waals surface area contributed by atoms with E-state index in [-0.39, 0.29) is 17.1 Å². The van der Waals surface area contributed by atoms with Crippen LogP contribution in [0.15, 0.2) is 83.7 Å². The number of para-hydroxylation sites is 2. The van der Waals surface area contributed by atoms with Gasteiger partial charge in [0.05, 0.1) is 17.6 Å². The van der Waals surface area contributed by atoms with E-state index in [4.69, 9.17) is 0 Å². The number of hydrogen-bond acceptors (Lipinski definition) is 2. The van der Waals surface area contributed by atoms with Crippen LogP contribution in [0.25, 0.3) is 23.2 Å². The first-order chi connectivity index (χ1) is 13.2. The third-order valence-electron chi connectivity index (χ3n) is 4.39. The van der Waals surface area contributed by atoms with Gasteiger partial charge in [-0.1, -0.05) is 60.7 Å². The smallest absolute Gasteiger partial charge is 0.277 e. The highest BCUT2D eigenvalue weighted by Crippen LogP contribution is 2.14. The third kappa shape index (κ3) is 3.55. The molecule has 0 aliphatic heterocycles. The van der Waals surface area contributed by atoms with E-state index in [1.54, 1.807) is 34.9 Å². The molecule has 0 spiro atoms. The van der Waals surface area contributed by atoms with Crippen molar-refractivity contribution in [3.05, 3.63) is 112 Å². The monoisotopic (exact) mass is 356 g/mol. The molecule has 0 saturated heterocycles. The molecule has 4 heteroatoms. The summed E-state index contributed by atoms with van der Waals surface area (Å²) in [6, 6.07) is 23.8.